The van der Waals surface area contributed by atoms with Crippen LogP contribution in [0.15, 0.2) is 65.1 Å². The molecule has 1 heterocycles. The molecule has 3 nitrogen and oxygen atoms in total. The van der Waals surface area contributed by atoms with Crippen molar-refractivity contribution in [3.05, 3.63) is 70.5 Å². The molecule has 21 heavy (non-hydrogen) atoms. The third kappa shape index (κ3) is 3.55. The maximum Gasteiger partial charge on any atom is 0.0901 e. The Bertz CT molecular complexity index is 747. The Hall–Kier alpha value is -2.46. The Morgan fingerprint density at radius 1 is 1.10 bits per heavy atom. The van der Waals surface area contributed by atoms with E-state index in [0.29, 0.717) is 0 Å². The van der Waals surface area contributed by atoms with E-state index in [1.165, 1.54) is 0 Å². The molecule has 0 radical (unpaired) electrons. The molecular weight excluding hydrogens is 278 g/mol. The van der Waals surface area contributed by atoms with Crippen molar-refractivity contribution in [3.63, 3.8) is 0 Å². The second-order valence-corrected chi connectivity index (χ2v) is 5.68. The number of hydrogen-bond donors (Lipinski definition) is 1. The maximum atomic E-state index is 4.51. The fourth-order valence-electron chi connectivity index (χ4n) is 1.97. The largest absolute Gasteiger partial charge is 0.279 e. The van der Waals surface area contributed by atoms with E-state index in [-0.39, 0.29) is 0 Å². The Balaban J connectivity index is 1.74. The Kier molecular flexibility index (Phi) is 4.07. The summed E-state index contributed by atoms with van der Waals surface area (Å²) in [7, 11) is 0. The zero-order valence-corrected chi connectivity index (χ0v) is 12.5. The molecule has 1 N–H and O–H groups in total. The lowest BCUT2D eigenvalue weighted by Gasteiger charge is -2.00. The van der Waals surface area contributed by atoms with Crippen LogP contribution < -0.4 is 5.43 Å². The number of hydrazone groups is 1. The van der Waals surface area contributed by atoms with Crippen LogP contribution in [-0.2, 0) is 0 Å². The highest BCUT2D eigenvalue weighted by Gasteiger charge is 2.02. The first-order valence-corrected chi connectivity index (χ1v) is 7.56. The van der Waals surface area contributed by atoms with E-state index < -0.39 is 0 Å². The summed E-state index contributed by atoms with van der Waals surface area (Å²) in [6.45, 7) is 2.02. The molecule has 0 atom stereocenters. The van der Waals surface area contributed by atoms with Crippen molar-refractivity contribution in [2.24, 2.45) is 5.10 Å². The van der Waals surface area contributed by atoms with Crippen LogP contribution in [0.1, 0.15) is 10.6 Å². The van der Waals surface area contributed by atoms with Gasteiger partial charge in [0, 0.05) is 10.9 Å². The zero-order chi connectivity index (χ0) is 14.5. The number of hydrogen-bond acceptors (Lipinski definition) is 4. The molecular formula is C17H15N3S. The van der Waals surface area contributed by atoms with Gasteiger partial charge >= 0.3 is 0 Å². The number of para-hydroxylation sites is 1. The van der Waals surface area contributed by atoms with Crippen LogP contribution in [0.25, 0.3) is 11.3 Å². The van der Waals surface area contributed by atoms with Crippen LogP contribution in [-0.4, -0.2) is 11.2 Å². The third-order valence-electron chi connectivity index (χ3n) is 2.98. The van der Waals surface area contributed by atoms with Crippen molar-refractivity contribution < 1.29 is 0 Å². The number of anilines is 1. The number of aromatic nitrogens is 1. The van der Waals surface area contributed by atoms with E-state index in [9.17, 15) is 0 Å². The summed E-state index contributed by atoms with van der Waals surface area (Å²) in [6.07, 6.45) is 1.82. The van der Waals surface area contributed by atoms with Crippen LogP contribution in [0.5, 0.6) is 0 Å². The molecule has 0 aliphatic carbocycles. The number of nitrogens with zero attached hydrogens (tertiary/aromatic N) is 2. The minimum atomic E-state index is 0.972. The van der Waals surface area contributed by atoms with Gasteiger partial charge in [0.15, 0.2) is 0 Å². The van der Waals surface area contributed by atoms with Gasteiger partial charge in [0.1, 0.15) is 0 Å². The predicted octanol–water partition coefficient (Wildman–Crippen LogP) is 4.56. The molecule has 0 aliphatic heterocycles. The van der Waals surface area contributed by atoms with Gasteiger partial charge in [-0.3, -0.25) is 5.43 Å². The van der Waals surface area contributed by atoms with Gasteiger partial charge in [0.05, 0.1) is 22.6 Å². The fraction of sp³-hybridized carbons (Fsp3) is 0.0588. The van der Waals surface area contributed by atoms with Gasteiger partial charge in [-0.2, -0.15) is 5.10 Å². The number of nitrogens with one attached hydrogen (secondary N) is 1. The maximum absolute atomic E-state index is 4.51. The highest BCUT2D eigenvalue weighted by Crippen LogP contribution is 2.21. The van der Waals surface area contributed by atoms with E-state index in [0.717, 1.165) is 27.5 Å². The summed E-state index contributed by atoms with van der Waals surface area (Å²) in [5.74, 6) is 0. The molecule has 4 heteroatoms. The quantitative estimate of drug-likeness (QED) is 0.565. The van der Waals surface area contributed by atoms with Crippen molar-refractivity contribution in [1.29, 1.82) is 0 Å². The minimum absolute atomic E-state index is 0.972. The fourth-order valence-corrected chi connectivity index (χ4v) is 2.59. The summed E-state index contributed by atoms with van der Waals surface area (Å²) in [5, 5.41) is 7.41. The van der Waals surface area contributed by atoms with Gasteiger partial charge in [-0.25, -0.2) is 4.98 Å². The lowest BCUT2D eigenvalue weighted by atomic mass is 10.1. The lowest BCUT2D eigenvalue weighted by molar-refractivity contribution is 1.30. The smallest absolute Gasteiger partial charge is 0.0901 e. The average Bonchev–Trinajstić information content (AvgIpc) is 2.95. The summed E-state index contributed by atoms with van der Waals surface area (Å²) in [4.78, 5) is 4.51. The van der Waals surface area contributed by atoms with Gasteiger partial charge in [0.25, 0.3) is 0 Å². The Morgan fingerprint density at radius 3 is 2.71 bits per heavy atom. The van der Waals surface area contributed by atoms with Crippen LogP contribution in [0.2, 0.25) is 0 Å². The summed E-state index contributed by atoms with van der Waals surface area (Å²) in [6, 6.07) is 18.1. The second kappa shape index (κ2) is 6.33. The van der Waals surface area contributed by atoms with Crippen molar-refractivity contribution in [1.82, 2.24) is 4.98 Å². The lowest BCUT2D eigenvalue weighted by Crippen LogP contribution is -1.90. The highest BCUT2D eigenvalue weighted by molar-refractivity contribution is 7.09. The van der Waals surface area contributed by atoms with E-state index in [1.807, 2.05) is 55.6 Å². The zero-order valence-electron chi connectivity index (χ0n) is 11.7. The number of thiazole rings is 1. The molecule has 0 saturated heterocycles. The Morgan fingerprint density at radius 2 is 1.95 bits per heavy atom. The SMILES string of the molecule is Cc1nc(-c2cccc(C=NNc3ccccc3)c2)cs1. The first-order chi connectivity index (χ1) is 10.3. The molecule has 0 bridgehead atoms. The molecule has 0 spiro atoms. The summed E-state index contributed by atoms with van der Waals surface area (Å²) < 4.78 is 0. The second-order valence-electron chi connectivity index (χ2n) is 4.61. The molecule has 0 unspecified atom stereocenters. The highest BCUT2D eigenvalue weighted by atomic mass is 32.1. The van der Waals surface area contributed by atoms with Crippen LogP contribution in [0.3, 0.4) is 0 Å². The van der Waals surface area contributed by atoms with Gasteiger partial charge < -0.3 is 0 Å². The van der Waals surface area contributed by atoms with Crippen LogP contribution in [0, 0.1) is 6.92 Å². The van der Waals surface area contributed by atoms with Gasteiger partial charge in [0.2, 0.25) is 0 Å². The van der Waals surface area contributed by atoms with E-state index in [4.69, 9.17) is 0 Å². The standard InChI is InChI=1S/C17H15N3S/c1-13-19-17(12-21-13)15-7-5-6-14(10-15)11-18-20-16-8-3-2-4-9-16/h2-12,20H,1H3. The van der Waals surface area contributed by atoms with Crippen LogP contribution >= 0.6 is 11.3 Å². The van der Waals surface area contributed by atoms with Gasteiger partial charge in [-0.15, -0.1) is 11.3 Å². The molecule has 0 saturated carbocycles. The molecule has 3 rings (SSSR count). The normalized spacial score (nSPS) is 10.9. The first-order valence-electron chi connectivity index (χ1n) is 6.68. The molecule has 2 aromatic carbocycles. The Labute approximate surface area is 128 Å². The third-order valence-corrected chi connectivity index (χ3v) is 3.76. The molecule has 1 aromatic heterocycles. The predicted molar refractivity (Wildman–Crippen MR) is 89.9 cm³/mol. The van der Waals surface area contributed by atoms with Crippen LogP contribution in [0.4, 0.5) is 5.69 Å². The topological polar surface area (TPSA) is 37.3 Å². The van der Waals surface area contributed by atoms with E-state index in [2.05, 4.69) is 33.0 Å². The molecule has 0 amide bonds. The number of rotatable bonds is 4. The molecule has 3 aromatic rings. The number of aryl methyl sites for hydroxylation is 1. The van der Waals surface area contributed by atoms with Gasteiger partial charge in [-0.05, 0) is 30.7 Å². The summed E-state index contributed by atoms with van der Waals surface area (Å²) >= 11 is 1.66. The molecule has 0 fully saturated rings. The first kappa shape index (κ1) is 13.5. The van der Waals surface area contributed by atoms with E-state index >= 15 is 0 Å². The van der Waals surface area contributed by atoms with Crippen molar-refractivity contribution in [2.45, 2.75) is 6.92 Å². The summed E-state index contributed by atoms with van der Waals surface area (Å²) in [5.41, 5.74) is 7.16. The average molecular weight is 293 g/mol. The number of benzene rings is 2. The molecule has 0 aliphatic rings. The molecule has 104 valence electrons. The van der Waals surface area contributed by atoms with Crippen molar-refractivity contribution >= 4 is 23.2 Å². The van der Waals surface area contributed by atoms with Crippen molar-refractivity contribution in [3.8, 4) is 11.3 Å². The monoisotopic (exact) mass is 293 g/mol. The van der Waals surface area contributed by atoms with Crippen molar-refractivity contribution in [2.75, 3.05) is 5.43 Å². The van der Waals surface area contributed by atoms with E-state index in [1.54, 1.807) is 11.3 Å². The van der Waals surface area contributed by atoms with Gasteiger partial charge in [-0.1, -0.05) is 36.4 Å². The minimum Gasteiger partial charge on any atom is -0.279 e.